The van der Waals surface area contributed by atoms with Crippen molar-refractivity contribution >= 4 is 27.6 Å². The Morgan fingerprint density at radius 3 is 2.42 bits per heavy atom. The fourth-order valence-corrected chi connectivity index (χ4v) is 5.23. The van der Waals surface area contributed by atoms with E-state index in [9.17, 15) is 13.2 Å². The number of urea groups is 1. The zero-order valence-electron chi connectivity index (χ0n) is 19.5. The number of nitrogens with one attached hydrogen (secondary N) is 2. The molecule has 2 heterocycles. The van der Waals surface area contributed by atoms with Crippen LogP contribution in [0.3, 0.4) is 0 Å². The summed E-state index contributed by atoms with van der Waals surface area (Å²) in [6, 6.07) is 7.62. The SMILES string of the molecule is Cc1ccc(NC(=O)NCc2cccc(N3[C@H](C)CN(S(=O)(=O)N(C)C)C[C@@H]3C)c2F)cn1. The van der Waals surface area contributed by atoms with Crippen molar-refractivity contribution in [1.29, 1.82) is 0 Å². The predicted octanol–water partition coefficient (Wildman–Crippen LogP) is 2.56. The molecule has 2 atom stereocenters. The summed E-state index contributed by atoms with van der Waals surface area (Å²) in [5, 5.41) is 5.33. The highest BCUT2D eigenvalue weighted by Crippen LogP contribution is 2.30. The van der Waals surface area contributed by atoms with E-state index in [0.717, 1.165) is 5.69 Å². The first-order chi connectivity index (χ1) is 15.5. The molecule has 1 aromatic heterocycles. The second-order valence-corrected chi connectivity index (χ2v) is 10.6. The molecule has 2 N–H and O–H groups in total. The number of aromatic nitrogens is 1. The van der Waals surface area contributed by atoms with E-state index in [1.807, 2.05) is 25.7 Å². The van der Waals surface area contributed by atoms with Crippen molar-refractivity contribution in [3.63, 3.8) is 0 Å². The molecule has 11 heteroatoms. The maximum atomic E-state index is 15.4. The molecule has 3 rings (SSSR count). The fourth-order valence-electron chi connectivity index (χ4n) is 3.96. The van der Waals surface area contributed by atoms with Crippen LogP contribution in [-0.4, -0.2) is 67.3 Å². The number of hydrogen-bond donors (Lipinski definition) is 2. The standard InChI is InChI=1S/C22H31FN6O3S/c1-15-9-10-19(12-24-15)26-22(30)25-11-18-7-6-8-20(21(18)23)29-16(2)13-28(14-17(29)3)33(31,32)27(4)5/h6-10,12,16-17H,11,13-14H2,1-5H3,(H2,25,26,30)/t16-,17+. The Balaban J connectivity index is 1.70. The number of piperazine rings is 1. The van der Waals surface area contributed by atoms with Crippen LogP contribution in [0.4, 0.5) is 20.6 Å². The molecule has 0 radical (unpaired) electrons. The average Bonchev–Trinajstić information content (AvgIpc) is 2.75. The van der Waals surface area contributed by atoms with Crippen LogP contribution in [0, 0.1) is 12.7 Å². The third kappa shape index (κ3) is 5.60. The van der Waals surface area contributed by atoms with Crippen LogP contribution >= 0.6 is 0 Å². The van der Waals surface area contributed by atoms with Gasteiger partial charge in [0, 0.05) is 57.1 Å². The molecule has 1 aliphatic rings. The number of pyridine rings is 1. The molecular weight excluding hydrogens is 447 g/mol. The third-order valence-corrected chi connectivity index (χ3v) is 7.49. The minimum absolute atomic E-state index is 0.00251. The van der Waals surface area contributed by atoms with Crippen molar-refractivity contribution in [2.24, 2.45) is 0 Å². The van der Waals surface area contributed by atoms with Crippen LogP contribution < -0.4 is 15.5 Å². The van der Waals surface area contributed by atoms with Gasteiger partial charge >= 0.3 is 6.03 Å². The van der Waals surface area contributed by atoms with Gasteiger partial charge < -0.3 is 15.5 Å². The monoisotopic (exact) mass is 478 g/mol. The van der Waals surface area contributed by atoms with Crippen molar-refractivity contribution in [1.82, 2.24) is 18.9 Å². The number of carbonyl (C=O) groups is 1. The largest absolute Gasteiger partial charge is 0.361 e. The molecule has 0 unspecified atom stereocenters. The fraction of sp³-hybridized carbons (Fsp3) is 0.455. The Hall–Kier alpha value is -2.76. The van der Waals surface area contributed by atoms with Gasteiger partial charge in [-0.25, -0.2) is 9.18 Å². The van der Waals surface area contributed by atoms with E-state index in [4.69, 9.17) is 0 Å². The van der Waals surface area contributed by atoms with Crippen LogP contribution in [0.2, 0.25) is 0 Å². The first-order valence-corrected chi connectivity index (χ1v) is 12.1. The zero-order valence-corrected chi connectivity index (χ0v) is 20.4. The summed E-state index contributed by atoms with van der Waals surface area (Å²) in [5.74, 6) is -0.433. The lowest BCUT2D eigenvalue weighted by Gasteiger charge is -2.45. The van der Waals surface area contributed by atoms with Crippen molar-refractivity contribution < 1.29 is 17.6 Å². The second kappa shape index (κ2) is 10.0. The molecule has 1 saturated heterocycles. The number of nitrogens with zero attached hydrogens (tertiary/aromatic N) is 4. The smallest absolute Gasteiger partial charge is 0.319 e. The number of hydrogen-bond acceptors (Lipinski definition) is 5. The maximum Gasteiger partial charge on any atom is 0.319 e. The molecule has 0 bridgehead atoms. The molecule has 33 heavy (non-hydrogen) atoms. The number of amides is 2. The third-order valence-electron chi connectivity index (χ3n) is 5.62. The first-order valence-electron chi connectivity index (χ1n) is 10.7. The van der Waals surface area contributed by atoms with Crippen molar-refractivity contribution in [2.45, 2.75) is 39.4 Å². The van der Waals surface area contributed by atoms with Crippen LogP contribution in [-0.2, 0) is 16.8 Å². The summed E-state index contributed by atoms with van der Waals surface area (Å²) in [7, 11) is -0.551. The average molecular weight is 479 g/mol. The summed E-state index contributed by atoms with van der Waals surface area (Å²) in [5.41, 5.74) is 2.11. The Bertz CT molecular complexity index is 1080. The van der Waals surface area contributed by atoms with Gasteiger partial charge in [0.15, 0.2) is 5.82 Å². The number of carbonyl (C=O) groups excluding carboxylic acids is 1. The minimum Gasteiger partial charge on any atom is -0.361 e. The van der Waals surface area contributed by atoms with Crippen molar-refractivity contribution in [3.05, 3.63) is 53.6 Å². The van der Waals surface area contributed by atoms with Crippen LogP contribution in [0.25, 0.3) is 0 Å². The lowest BCUT2D eigenvalue weighted by molar-refractivity contribution is 0.251. The van der Waals surface area contributed by atoms with Crippen molar-refractivity contribution in [2.75, 3.05) is 37.4 Å². The Kier molecular flexibility index (Phi) is 7.55. The highest BCUT2D eigenvalue weighted by molar-refractivity contribution is 7.86. The van der Waals surface area contributed by atoms with E-state index in [2.05, 4.69) is 15.6 Å². The van der Waals surface area contributed by atoms with E-state index in [1.165, 1.54) is 22.7 Å². The lowest BCUT2D eigenvalue weighted by Crippen LogP contribution is -2.60. The van der Waals surface area contributed by atoms with Crippen LogP contribution in [0.15, 0.2) is 36.5 Å². The molecule has 0 aliphatic carbocycles. The topological polar surface area (TPSA) is 97.9 Å². The second-order valence-electron chi connectivity index (χ2n) is 8.46. The molecule has 180 valence electrons. The quantitative estimate of drug-likeness (QED) is 0.665. The molecule has 9 nitrogen and oxygen atoms in total. The summed E-state index contributed by atoms with van der Waals surface area (Å²) in [4.78, 5) is 18.2. The number of halogens is 1. The van der Waals surface area contributed by atoms with Crippen LogP contribution in [0.1, 0.15) is 25.1 Å². The van der Waals surface area contributed by atoms with E-state index in [0.29, 0.717) is 16.9 Å². The predicted molar refractivity (Wildman–Crippen MR) is 127 cm³/mol. The van der Waals surface area contributed by atoms with Gasteiger partial charge in [-0.1, -0.05) is 12.1 Å². The molecular formula is C22H31FN6O3S. The molecule has 0 saturated carbocycles. The molecule has 1 aromatic carbocycles. The first kappa shape index (κ1) is 24.9. The maximum absolute atomic E-state index is 15.4. The summed E-state index contributed by atoms with van der Waals surface area (Å²) < 4.78 is 43.1. The number of benzene rings is 1. The highest BCUT2D eigenvalue weighted by atomic mass is 32.2. The highest BCUT2D eigenvalue weighted by Gasteiger charge is 2.37. The van der Waals surface area contributed by atoms with E-state index >= 15 is 4.39 Å². The normalized spacial score (nSPS) is 19.5. The zero-order chi connectivity index (χ0) is 24.3. The van der Waals surface area contributed by atoms with Gasteiger partial charge in [0.2, 0.25) is 0 Å². The number of aryl methyl sites for hydroxylation is 1. The van der Waals surface area contributed by atoms with Gasteiger partial charge in [0.25, 0.3) is 10.2 Å². The van der Waals surface area contributed by atoms with Crippen LogP contribution in [0.5, 0.6) is 0 Å². The Morgan fingerprint density at radius 2 is 1.85 bits per heavy atom. The molecule has 1 fully saturated rings. The summed E-state index contributed by atoms with van der Waals surface area (Å²) >= 11 is 0. The Labute approximate surface area is 194 Å². The number of rotatable bonds is 6. The van der Waals surface area contributed by atoms with E-state index < -0.39 is 22.1 Å². The number of anilines is 2. The molecule has 0 spiro atoms. The summed E-state index contributed by atoms with van der Waals surface area (Å²) in [6.45, 7) is 6.10. The van der Waals surface area contributed by atoms with Gasteiger partial charge in [-0.2, -0.15) is 17.0 Å². The lowest BCUT2D eigenvalue weighted by atomic mass is 10.1. The van der Waals surface area contributed by atoms with E-state index in [-0.39, 0.29) is 31.7 Å². The van der Waals surface area contributed by atoms with Gasteiger partial charge in [-0.15, -0.1) is 0 Å². The van der Waals surface area contributed by atoms with Gasteiger partial charge in [0.05, 0.1) is 17.6 Å². The Morgan fingerprint density at radius 1 is 1.18 bits per heavy atom. The van der Waals surface area contributed by atoms with Gasteiger partial charge in [0.1, 0.15) is 0 Å². The molecule has 1 aliphatic heterocycles. The van der Waals surface area contributed by atoms with Gasteiger partial charge in [-0.05, 0) is 39.0 Å². The van der Waals surface area contributed by atoms with Crippen molar-refractivity contribution in [3.8, 4) is 0 Å². The van der Waals surface area contributed by atoms with E-state index in [1.54, 1.807) is 36.5 Å². The van der Waals surface area contributed by atoms with Gasteiger partial charge in [-0.3, -0.25) is 4.98 Å². The molecule has 2 aromatic rings. The molecule has 2 amide bonds. The summed E-state index contributed by atoms with van der Waals surface area (Å²) in [6.07, 6.45) is 1.55. The minimum atomic E-state index is -3.55.